The number of benzene rings is 1. The molecule has 1 aromatic rings. The highest BCUT2D eigenvalue weighted by Crippen LogP contribution is 2.04. The Morgan fingerprint density at radius 2 is 1.92 bits per heavy atom. The highest BCUT2D eigenvalue weighted by Gasteiger charge is 1.97. The Hall–Kier alpha value is -1.18. The number of carbonyl (C=O) groups is 1. The molecule has 0 aliphatic rings. The summed E-state index contributed by atoms with van der Waals surface area (Å²) in [5, 5.41) is 0. The van der Waals surface area contributed by atoms with Crippen LogP contribution < -0.4 is 0 Å². The Morgan fingerprint density at radius 1 is 1.25 bits per heavy atom. The van der Waals surface area contributed by atoms with Crippen molar-refractivity contribution in [2.75, 3.05) is 0 Å². The smallest absolute Gasteiger partial charge is 0.261 e. The molecular formula is C10H11FO. The topological polar surface area (TPSA) is 17.1 Å². The van der Waals surface area contributed by atoms with Gasteiger partial charge >= 0.3 is 6.04 Å². The van der Waals surface area contributed by atoms with Crippen molar-refractivity contribution in [1.82, 2.24) is 0 Å². The fourth-order valence-corrected chi connectivity index (χ4v) is 1.08. The van der Waals surface area contributed by atoms with Crippen molar-refractivity contribution in [2.45, 2.75) is 19.3 Å². The average molecular weight is 166 g/mol. The molecule has 0 aromatic heterocycles. The van der Waals surface area contributed by atoms with Gasteiger partial charge in [0.15, 0.2) is 0 Å². The third kappa shape index (κ3) is 3.28. The Bertz CT molecular complexity index is 243. The molecule has 0 amide bonds. The summed E-state index contributed by atoms with van der Waals surface area (Å²) in [6.45, 7) is 0. The second-order valence-electron chi connectivity index (χ2n) is 2.69. The number of rotatable bonds is 4. The second-order valence-corrected chi connectivity index (χ2v) is 2.69. The summed E-state index contributed by atoms with van der Waals surface area (Å²) in [5.41, 5.74) is 1.15. The zero-order chi connectivity index (χ0) is 8.81. The largest absolute Gasteiger partial charge is 0.301 e. The highest BCUT2D eigenvalue weighted by molar-refractivity contribution is 5.67. The van der Waals surface area contributed by atoms with Gasteiger partial charge in [-0.05, 0) is 18.4 Å². The Balaban J connectivity index is 2.29. The van der Waals surface area contributed by atoms with Gasteiger partial charge in [0.05, 0.1) is 0 Å². The van der Waals surface area contributed by atoms with E-state index in [4.69, 9.17) is 0 Å². The van der Waals surface area contributed by atoms with Gasteiger partial charge in [-0.1, -0.05) is 30.3 Å². The molecule has 12 heavy (non-hydrogen) atoms. The molecule has 0 spiro atoms. The van der Waals surface area contributed by atoms with E-state index in [9.17, 15) is 9.18 Å². The zero-order valence-electron chi connectivity index (χ0n) is 6.79. The summed E-state index contributed by atoms with van der Waals surface area (Å²) in [6.07, 6.45) is 1.41. The lowest BCUT2D eigenvalue weighted by molar-refractivity contribution is -0.129. The van der Waals surface area contributed by atoms with Crippen LogP contribution in [0.4, 0.5) is 4.39 Å². The normalized spacial score (nSPS) is 9.75. The molecule has 1 nitrogen and oxygen atoms in total. The van der Waals surface area contributed by atoms with Crippen LogP contribution in [0.2, 0.25) is 0 Å². The SMILES string of the molecule is O=C(F)CCCc1ccccc1. The minimum absolute atomic E-state index is 0.0366. The predicted molar refractivity (Wildman–Crippen MR) is 45.5 cm³/mol. The van der Waals surface area contributed by atoms with E-state index in [1.165, 1.54) is 0 Å². The summed E-state index contributed by atoms with van der Waals surface area (Å²) in [5.74, 6) is 0. The van der Waals surface area contributed by atoms with Gasteiger partial charge in [0.2, 0.25) is 0 Å². The van der Waals surface area contributed by atoms with Crippen molar-refractivity contribution in [1.29, 1.82) is 0 Å². The molecule has 0 aliphatic carbocycles. The van der Waals surface area contributed by atoms with Gasteiger partial charge in [-0.25, -0.2) is 0 Å². The maximum atomic E-state index is 11.8. The van der Waals surface area contributed by atoms with Gasteiger partial charge in [-0.2, -0.15) is 4.39 Å². The van der Waals surface area contributed by atoms with Gasteiger partial charge in [-0.15, -0.1) is 0 Å². The first-order valence-corrected chi connectivity index (χ1v) is 4.01. The maximum absolute atomic E-state index is 11.8. The first-order valence-electron chi connectivity index (χ1n) is 4.01. The van der Waals surface area contributed by atoms with Crippen molar-refractivity contribution in [2.24, 2.45) is 0 Å². The van der Waals surface area contributed by atoms with E-state index in [2.05, 4.69) is 0 Å². The van der Waals surface area contributed by atoms with Gasteiger partial charge in [-0.3, -0.25) is 4.79 Å². The standard InChI is InChI=1S/C10H11FO/c11-10(12)8-4-7-9-5-2-1-3-6-9/h1-3,5-6H,4,7-8H2. The van der Waals surface area contributed by atoms with Gasteiger partial charge < -0.3 is 0 Å². The number of hydrogen-bond acceptors (Lipinski definition) is 1. The van der Waals surface area contributed by atoms with Gasteiger partial charge in [0.1, 0.15) is 0 Å². The quantitative estimate of drug-likeness (QED) is 0.628. The zero-order valence-corrected chi connectivity index (χ0v) is 6.79. The highest BCUT2D eigenvalue weighted by atomic mass is 19.1. The Morgan fingerprint density at radius 3 is 2.50 bits per heavy atom. The van der Waals surface area contributed by atoms with Crippen molar-refractivity contribution in [3.8, 4) is 0 Å². The molecule has 0 fully saturated rings. The van der Waals surface area contributed by atoms with Crippen LogP contribution in [0.5, 0.6) is 0 Å². The van der Waals surface area contributed by atoms with E-state index < -0.39 is 6.04 Å². The number of halogens is 1. The summed E-state index contributed by atoms with van der Waals surface area (Å²) < 4.78 is 11.8. The van der Waals surface area contributed by atoms with Crippen LogP contribution in [0, 0.1) is 0 Å². The molecule has 2 heteroatoms. The molecule has 0 aliphatic heterocycles. The molecule has 0 unspecified atom stereocenters. The molecule has 0 saturated carbocycles. The molecule has 1 aromatic carbocycles. The lowest BCUT2D eigenvalue weighted by Crippen LogP contribution is -1.90. The fourth-order valence-electron chi connectivity index (χ4n) is 1.08. The Labute approximate surface area is 71.2 Å². The third-order valence-electron chi connectivity index (χ3n) is 1.68. The average Bonchev–Trinajstić information content (AvgIpc) is 2.05. The van der Waals surface area contributed by atoms with Crippen molar-refractivity contribution in [3.63, 3.8) is 0 Å². The lowest BCUT2D eigenvalue weighted by atomic mass is 10.1. The van der Waals surface area contributed by atoms with E-state index in [0.29, 0.717) is 6.42 Å². The van der Waals surface area contributed by atoms with Crippen LogP contribution in [0.3, 0.4) is 0 Å². The number of hydrogen-bond donors (Lipinski definition) is 0. The van der Waals surface area contributed by atoms with Crippen molar-refractivity contribution in [3.05, 3.63) is 35.9 Å². The first kappa shape index (κ1) is 8.91. The third-order valence-corrected chi connectivity index (χ3v) is 1.68. The van der Waals surface area contributed by atoms with Crippen LogP contribution in [0.15, 0.2) is 30.3 Å². The van der Waals surface area contributed by atoms with Crippen LogP contribution in [-0.2, 0) is 11.2 Å². The minimum atomic E-state index is -1.22. The summed E-state index contributed by atoms with van der Waals surface area (Å²) in [4.78, 5) is 9.97. The predicted octanol–water partition coefficient (Wildman–Crippen LogP) is 2.51. The Kier molecular flexibility index (Phi) is 3.45. The van der Waals surface area contributed by atoms with Crippen LogP contribution in [0.25, 0.3) is 0 Å². The number of aryl methyl sites for hydroxylation is 1. The lowest BCUT2D eigenvalue weighted by Gasteiger charge is -1.96. The molecular weight excluding hydrogens is 155 g/mol. The molecule has 0 N–H and O–H groups in total. The maximum Gasteiger partial charge on any atom is 0.301 e. The minimum Gasteiger partial charge on any atom is -0.261 e. The summed E-state index contributed by atoms with van der Waals surface area (Å²) >= 11 is 0. The molecule has 64 valence electrons. The summed E-state index contributed by atoms with van der Waals surface area (Å²) in [7, 11) is 0. The molecule has 1 rings (SSSR count). The molecule has 0 radical (unpaired) electrons. The second kappa shape index (κ2) is 4.65. The van der Waals surface area contributed by atoms with E-state index in [0.717, 1.165) is 12.0 Å². The molecule has 0 bridgehead atoms. The first-order chi connectivity index (χ1) is 5.79. The van der Waals surface area contributed by atoms with Crippen molar-refractivity contribution >= 4 is 6.04 Å². The monoisotopic (exact) mass is 166 g/mol. The molecule has 0 saturated heterocycles. The van der Waals surface area contributed by atoms with Gasteiger partial charge in [0.25, 0.3) is 0 Å². The fraction of sp³-hybridized carbons (Fsp3) is 0.300. The van der Waals surface area contributed by atoms with Gasteiger partial charge in [0, 0.05) is 6.42 Å². The van der Waals surface area contributed by atoms with E-state index >= 15 is 0 Å². The van der Waals surface area contributed by atoms with E-state index in [-0.39, 0.29) is 6.42 Å². The molecule has 0 atom stereocenters. The van der Waals surface area contributed by atoms with Crippen LogP contribution in [-0.4, -0.2) is 6.04 Å². The van der Waals surface area contributed by atoms with E-state index in [1.807, 2.05) is 30.3 Å². The van der Waals surface area contributed by atoms with Crippen molar-refractivity contribution < 1.29 is 9.18 Å². The van der Waals surface area contributed by atoms with Crippen LogP contribution in [0.1, 0.15) is 18.4 Å². The summed E-state index contributed by atoms with van der Waals surface area (Å²) in [6, 6.07) is 8.54. The van der Waals surface area contributed by atoms with E-state index in [1.54, 1.807) is 0 Å². The van der Waals surface area contributed by atoms with Crippen LogP contribution >= 0.6 is 0 Å². The molecule has 0 heterocycles. The number of carbonyl (C=O) groups excluding carboxylic acids is 1.